The fourth-order valence-corrected chi connectivity index (χ4v) is 2.87. The molecular weight excluding hydrogens is 222 g/mol. The van der Waals surface area contributed by atoms with Crippen LogP contribution in [0.3, 0.4) is 0 Å². The van der Waals surface area contributed by atoms with Gasteiger partial charge in [-0.3, -0.25) is 0 Å². The van der Waals surface area contributed by atoms with E-state index in [-0.39, 0.29) is 5.41 Å². The van der Waals surface area contributed by atoms with Crippen molar-refractivity contribution < 1.29 is 4.74 Å². The maximum Gasteiger partial charge on any atom is 0.0578 e. The smallest absolute Gasteiger partial charge is 0.0578 e. The summed E-state index contributed by atoms with van der Waals surface area (Å²) in [6.45, 7) is 8.97. The highest BCUT2D eigenvalue weighted by atomic mass is 16.5. The van der Waals surface area contributed by atoms with Crippen molar-refractivity contribution in [2.75, 3.05) is 13.2 Å². The Morgan fingerprint density at radius 2 is 1.94 bits per heavy atom. The van der Waals surface area contributed by atoms with Gasteiger partial charge < -0.3 is 10.1 Å². The van der Waals surface area contributed by atoms with Crippen molar-refractivity contribution in [1.29, 1.82) is 0 Å². The van der Waals surface area contributed by atoms with Gasteiger partial charge in [-0.2, -0.15) is 0 Å². The van der Waals surface area contributed by atoms with Gasteiger partial charge in [0.1, 0.15) is 0 Å². The van der Waals surface area contributed by atoms with E-state index < -0.39 is 0 Å². The molecule has 2 nitrogen and oxygen atoms in total. The number of nitrogens with one attached hydrogen (secondary N) is 1. The molecule has 2 rings (SSSR count). The molecule has 0 aromatic carbocycles. The van der Waals surface area contributed by atoms with Gasteiger partial charge in [0, 0.05) is 18.0 Å². The van der Waals surface area contributed by atoms with Gasteiger partial charge in [-0.15, -0.1) is 0 Å². The van der Waals surface area contributed by atoms with Crippen LogP contribution in [0.25, 0.3) is 0 Å². The Morgan fingerprint density at radius 1 is 1.17 bits per heavy atom. The zero-order chi connectivity index (χ0) is 13.0. The van der Waals surface area contributed by atoms with Crippen molar-refractivity contribution in [3.05, 3.63) is 0 Å². The minimum Gasteiger partial charge on any atom is -0.378 e. The fourth-order valence-electron chi connectivity index (χ4n) is 2.87. The van der Waals surface area contributed by atoms with E-state index in [2.05, 4.69) is 26.1 Å². The molecule has 0 radical (unpaired) electrons. The average Bonchev–Trinajstić information content (AvgIpc) is 3.19. The SMILES string of the molecule is CCC1CCCC(OCC(C)(C)CNC2CC2)C1. The van der Waals surface area contributed by atoms with E-state index in [1.165, 1.54) is 44.9 Å². The third kappa shape index (κ3) is 4.89. The van der Waals surface area contributed by atoms with Crippen molar-refractivity contribution in [3.63, 3.8) is 0 Å². The molecule has 1 N–H and O–H groups in total. The van der Waals surface area contributed by atoms with E-state index in [9.17, 15) is 0 Å². The fraction of sp³-hybridized carbons (Fsp3) is 1.00. The van der Waals surface area contributed by atoms with Gasteiger partial charge in [0.25, 0.3) is 0 Å². The van der Waals surface area contributed by atoms with E-state index in [0.717, 1.165) is 25.1 Å². The van der Waals surface area contributed by atoms with Crippen LogP contribution >= 0.6 is 0 Å². The molecule has 2 heteroatoms. The first-order chi connectivity index (χ1) is 8.59. The molecule has 0 bridgehead atoms. The van der Waals surface area contributed by atoms with Crippen LogP contribution in [-0.2, 0) is 4.74 Å². The topological polar surface area (TPSA) is 21.3 Å². The van der Waals surface area contributed by atoms with Gasteiger partial charge in [0.05, 0.1) is 12.7 Å². The summed E-state index contributed by atoms with van der Waals surface area (Å²) >= 11 is 0. The molecule has 2 aliphatic rings. The van der Waals surface area contributed by atoms with E-state index in [0.29, 0.717) is 6.10 Å². The lowest BCUT2D eigenvalue weighted by molar-refractivity contribution is -0.0256. The summed E-state index contributed by atoms with van der Waals surface area (Å²) in [6.07, 6.45) is 9.96. The summed E-state index contributed by atoms with van der Waals surface area (Å²) in [5.41, 5.74) is 0.280. The molecule has 2 aliphatic carbocycles. The molecule has 106 valence electrons. The lowest BCUT2D eigenvalue weighted by atomic mass is 9.85. The minimum absolute atomic E-state index is 0.280. The van der Waals surface area contributed by atoms with Crippen molar-refractivity contribution in [1.82, 2.24) is 5.32 Å². The third-order valence-corrected chi connectivity index (χ3v) is 4.47. The van der Waals surface area contributed by atoms with Crippen LogP contribution in [0.2, 0.25) is 0 Å². The Balaban J connectivity index is 1.65. The lowest BCUT2D eigenvalue weighted by Gasteiger charge is -2.32. The van der Waals surface area contributed by atoms with Crippen LogP contribution in [0.5, 0.6) is 0 Å². The van der Waals surface area contributed by atoms with Crippen molar-refractivity contribution in [3.8, 4) is 0 Å². The first-order valence-electron chi connectivity index (χ1n) is 7.94. The molecule has 2 atom stereocenters. The highest BCUT2D eigenvalue weighted by Crippen LogP contribution is 2.30. The zero-order valence-corrected chi connectivity index (χ0v) is 12.5. The van der Waals surface area contributed by atoms with Crippen LogP contribution in [-0.4, -0.2) is 25.3 Å². The molecule has 2 unspecified atom stereocenters. The van der Waals surface area contributed by atoms with E-state index >= 15 is 0 Å². The molecule has 18 heavy (non-hydrogen) atoms. The van der Waals surface area contributed by atoms with Gasteiger partial charge in [0.15, 0.2) is 0 Å². The summed E-state index contributed by atoms with van der Waals surface area (Å²) < 4.78 is 6.19. The average molecular weight is 253 g/mol. The predicted molar refractivity (Wildman–Crippen MR) is 76.8 cm³/mol. The zero-order valence-electron chi connectivity index (χ0n) is 12.5. The monoisotopic (exact) mass is 253 g/mol. The van der Waals surface area contributed by atoms with Gasteiger partial charge in [0.2, 0.25) is 0 Å². The summed E-state index contributed by atoms with van der Waals surface area (Å²) in [5, 5.41) is 3.62. The first kappa shape index (κ1) is 14.3. The molecule has 0 spiro atoms. The second-order valence-corrected chi connectivity index (χ2v) is 7.19. The first-order valence-corrected chi connectivity index (χ1v) is 7.94. The Kier molecular flexibility index (Phi) is 5.08. The standard InChI is InChI=1S/C16H31NO/c1-4-13-6-5-7-15(10-13)18-12-16(2,3)11-17-14-8-9-14/h13-15,17H,4-12H2,1-3H3. The molecule has 0 amide bonds. The van der Waals surface area contributed by atoms with Crippen molar-refractivity contribution >= 4 is 0 Å². The highest BCUT2D eigenvalue weighted by Gasteiger charge is 2.27. The second-order valence-electron chi connectivity index (χ2n) is 7.19. The number of ether oxygens (including phenoxy) is 1. The summed E-state index contributed by atoms with van der Waals surface area (Å²) in [4.78, 5) is 0. The van der Waals surface area contributed by atoms with Crippen LogP contribution in [0.4, 0.5) is 0 Å². The predicted octanol–water partition coefficient (Wildman–Crippen LogP) is 3.75. The molecule has 0 saturated heterocycles. The van der Waals surface area contributed by atoms with Crippen LogP contribution < -0.4 is 5.32 Å². The van der Waals surface area contributed by atoms with Crippen LogP contribution in [0.1, 0.15) is 65.7 Å². The largest absolute Gasteiger partial charge is 0.378 e. The quantitative estimate of drug-likeness (QED) is 0.746. The molecule has 0 aromatic heterocycles. The van der Waals surface area contributed by atoms with Crippen LogP contribution in [0.15, 0.2) is 0 Å². The van der Waals surface area contributed by atoms with Gasteiger partial charge in [-0.1, -0.05) is 40.0 Å². The minimum atomic E-state index is 0.280. The molecular formula is C16H31NO. The highest BCUT2D eigenvalue weighted by molar-refractivity contribution is 4.84. The van der Waals surface area contributed by atoms with Crippen LogP contribution in [0, 0.1) is 11.3 Å². The van der Waals surface area contributed by atoms with Gasteiger partial charge >= 0.3 is 0 Å². The Morgan fingerprint density at radius 3 is 2.61 bits per heavy atom. The Labute approximate surface area is 113 Å². The summed E-state index contributed by atoms with van der Waals surface area (Å²) in [6, 6.07) is 0.809. The van der Waals surface area contributed by atoms with Crippen molar-refractivity contribution in [2.24, 2.45) is 11.3 Å². The van der Waals surface area contributed by atoms with Crippen molar-refractivity contribution in [2.45, 2.75) is 77.9 Å². The Hall–Kier alpha value is -0.0800. The summed E-state index contributed by atoms with van der Waals surface area (Å²) in [7, 11) is 0. The number of rotatable bonds is 7. The van der Waals surface area contributed by atoms with Gasteiger partial charge in [-0.25, -0.2) is 0 Å². The summed E-state index contributed by atoms with van der Waals surface area (Å²) in [5.74, 6) is 0.913. The normalized spacial score (nSPS) is 29.5. The molecule has 0 aliphatic heterocycles. The number of hydrogen-bond donors (Lipinski definition) is 1. The molecule has 0 aromatic rings. The van der Waals surface area contributed by atoms with E-state index in [1.54, 1.807) is 0 Å². The lowest BCUT2D eigenvalue weighted by Crippen LogP contribution is -2.36. The molecule has 2 fully saturated rings. The molecule has 2 saturated carbocycles. The molecule has 0 heterocycles. The van der Waals surface area contributed by atoms with Gasteiger partial charge in [-0.05, 0) is 31.6 Å². The van der Waals surface area contributed by atoms with E-state index in [4.69, 9.17) is 4.74 Å². The van der Waals surface area contributed by atoms with E-state index in [1.807, 2.05) is 0 Å². The second kappa shape index (κ2) is 6.38. The maximum atomic E-state index is 6.19. The Bertz CT molecular complexity index is 247. The number of hydrogen-bond acceptors (Lipinski definition) is 2. The maximum absolute atomic E-state index is 6.19. The third-order valence-electron chi connectivity index (χ3n) is 4.47.